The van der Waals surface area contributed by atoms with Crippen LogP contribution in [0.25, 0.3) is 0 Å². The van der Waals surface area contributed by atoms with Crippen LogP contribution < -0.4 is 10.1 Å². The fourth-order valence-corrected chi connectivity index (χ4v) is 2.26. The lowest BCUT2D eigenvalue weighted by atomic mass is 10.2. The summed E-state index contributed by atoms with van der Waals surface area (Å²) in [6, 6.07) is 9.26. The van der Waals surface area contributed by atoms with Crippen LogP contribution in [0.15, 0.2) is 24.3 Å². The Morgan fingerprint density at radius 1 is 1.20 bits per heavy atom. The van der Waals surface area contributed by atoms with E-state index >= 15 is 0 Å². The predicted octanol–water partition coefficient (Wildman–Crippen LogP) is 1.70. The average molecular weight is 206 g/mol. The highest BCUT2D eigenvalue weighted by molar-refractivity contribution is 5.26. The molecule has 2 heteroatoms. The van der Waals surface area contributed by atoms with E-state index in [1.54, 1.807) is 7.11 Å². The molecule has 1 aliphatic carbocycles. The van der Waals surface area contributed by atoms with Gasteiger partial charge in [0.1, 0.15) is 12.3 Å². The fraction of sp³-hybridized carbons (Fsp3) is 0.538. The van der Waals surface area contributed by atoms with Crippen LogP contribution in [0.4, 0.5) is 0 Å². The van der Waals surface area contributed by atoms with E-state index in [0.29, 0.717) is 0 Å². The van der Waals surface area contributed by atoms with Gasteiger partial charge in [-0.05, 0) is 49.9 Å². The SMILES string of the molecule is COc1ccc(C[NH2+]C2CCCC2)cc1. The highest BCUT2D eigenvalue weighted by Gasteiger charge is 2.17. The van der Waals surface area contributed by atoms with Crippen LogP contribution in [-0.4, -0.2) is 13.2 Å². The minimum atomic E-state index is 0.868. The van der Waals surface area contributed by atoms with Crippen LogP contribution >= 0.6 is 0 Å². The Bertz CT molecular complexity index is 288. The zero-order valence-electron chi connectivity index (χ0n) is 9.41. The van der Waals surface area contributed by atoms with Gasteiger partial charge in [-0.1, -0.05) is 0 Å². The summed E-state index contributed by atoms with van der Waals surface area (Å²) in [6.45, 7) is 1.11. The Morgan fingerprint density at radius 2 is 1.87 bits per heavy atom. The minimum absolute atomic E-state index is 0.868. The van der Waals surface area contributed by atoms with Gasteiger partial charge in [0, 0.05) is 5.56 Å². The van der Waals surface area contributed by atoms with Gasteiger partial charge in [0.05, 0.1) is 13.2 Å². The van der Waals surface area contributed by atoms with Gasteiger partial charge in [0.15, 0.2) is 0 Å². The molecule has 15 heavy (non-hydrogen) atoms. The molecule has 1 aromatic rings. The van der Waals surface area contributed by atoms with Crippen molar-refractivity contribution in [1.29, 1.82) is 0 Å². The number of methoxy groups -OCH3 is 1. The van der Waals surface area contributed by atoms with Crippen molar-refractivity contribution in [3.63, 3.8) is 0 Å². The summed E-state index contributed by atoms with van der Waals surface area (Å²) in [4.78, 5) is 0. The lowest BCUT2D eigenvalue weighted by molar-refractivity contribution is -0.703. The second-order valence-electron chi connectivity index (χ2n) is 4.33. The van der Waals surface area contributed by atoms with Crippen molar-refractivity contribution in [3.8, 4) is 5.75 Å². The largest absolute Gasteiger partial charge is 0.497 e. The van der Waals surface area contributed by atoms with Crippen LogP contribution in [-0.2, 0) is 6.54 Å². The summed E-state index contributed by atoms with van der Waals surface area (Å²) < 4.78 is 5.14. The fourth-order valence-electron chi connectivity index (χ4n) is 2.26. The van der Waals surface area contributed by atoms with Crippen molar-refractivity contribution in [3.05, 3.63) is 29.8 Å². The maximum absolute atomic E-state index is 5.14. The van der Waals surface area contributed by atoms with E-state index in [-0.39, 0.29) is 0 Å². The number of quaternary nitrogens is 1. The molecule has 82 valence electrons. The number of hydrogen-bond donors (Lipinski definition) is 1. The molecule has 1 fully saturated rings. The van der Waals surface area contributed by atoms with Crippen molar-refractivity contribution in [1.82, 2.24) is 0 Å². The van der Waals surface area contributed by atoms with Gasteiger partial charge >= 0.3 is 0 Å². The lowest BCUT2D eigenvalue weighted by Gasteiger charge is -2.08. The monoisotopic (exact) mass is 206 g/mol. The van der Waals surface area contributed by atoms with E-state index in [4.69, 9.17) is 4.74 Å². The van der Waals surface area contributed by atoms with Crippen LogP contribution in [0.5, 0.6) is 5.75 Å². The zero-order chi connectivity index (χ0) is 10.5. The number of benzene rings is 1. The second kappa shape index (κ2) is 5.17. The second-order valence-corrected chi connectivity index (χ2v) is 4.33. The van der Waals surface area contributed by atoms with Crippen molar-refractivity contribution in [2.45, 2.75) is 38.3 Å². The Morgan fingerprint density at radius 3 is 2.47 bits per heavy atom. The molecule has 2 N–H and O–H groups in total. The molecule has 1 saturated carbocycles. The summed E-state index contributed by atoms with van der Waals surface area (Å²) in [5.41, 5.74) is 1.39. The van der Waals surface area contributed by atoms with Gasteiger partial charge in [-0.2, -0.15) is 0 Å². The van der Waals surface area contributed by atoms with Gasteiger partial charge in [0.2, 0.25) is 0 Å². The van der Waals surface area contributed by atoms with Gasteiger partial charge in [-0.3, -0.25) is 0 Å². The standard InChI is InChI=1S/C13H19NO/c1-15-13-8-6-11(7-9-13)10-14-12-4-2-3-5-12/h6-9,12,14H,2-5,10H2,1H3/p+1. The van der Waals surface area contributed by atoms with Crippen LogP contribution in [0.3, 0.4) is 0 Å². The zero-order valence-corrected chi connectivity index (χ0v) is 9.41. The maximum Gasteiger partial charge on any atom is 0.118 e. The summed E-state index contributed by atoms with van der Waals surface area (Å²) in [7, 11) is 1.71. The van der Waals surface area contributed by atoms with Crippen LogP contribution in [0.1, 0.15) is 31.2 Å². The normalized spacial score (nSPS) is 16.9. The van der Waals surface area contributed by atoms with Crippen LogP contribution in [0, 0.1) is 0 Å². The summed E-state index contributed by atoms with van der Waals surface area (Å²) in [6.07, 6.45) is 5.64. The van der Waals surface area contributed by atoms with E-state index in [0.717, 1.165) is 18.3 Å². The van der Waals surface area contributed by atoms with Crippen molar-refractivity contribution >= 4 is 0 Å². The molecule has 0 aliphatic heterocycles. The molecule has 0 aromatic heterocycles. The van der Waals surface area contributed by atoms with E-state index in [2.05, 4.69) is 17.4 Å². The molecule has 0 spiro atoms. The summed E-state index contributed by atoms with van der Waals surface area (Å²) >= 11 is 0. The third-order valence-corrected chi connectivity index (χ3v) is 3.25. The van der Waals surface area contributed by atoms with Crippen molar-refractivity contribution in [2.24, 2.45) is 0 Å². The van der Waals surface area contributed by atoms with Gasteiger partial charge in [-0.25, -0.2) is 0 Å². The minimum Gasteiger partial charge on any atom is -0.497 e. The van der Waals surface area contributed by atoms with Crippen LogP contribution in [0.2, 0.25) is 0 Å². The van der Waals surface area contributed by atoms with Gasteiger partial charge in [0.25, 0.3) is 0 Å². The number of ether oxygens (including phenoxy) is 1. The van der Waals surface area contributed by atoms with Gasteiger partial charge in [-0.15, -0.1) is 0 Å². The molecule has 2 nitrogen and oxygen atoms in total. The first-order chi connectivity index (χ1) is 7.38. The molecule has 0 unspecified atom stereocenters. The average Bonchev–Trinajstić information content (AvgIpc) is 2.80. The number of hydrogen-bond acceptors (Lipinski definition) is 1. The lowest BCUT2D eigenvalue weighted by Crippen LogP contribution is -2.87. The van der Waals surface area contributed by atoms with E-state index in [9.17, 15) is 0 Å². The Balaban J connectivity index is 1.82. The van der Waals surface area contributed by atoms with E-state index in [1.165, 1.54) is 31.2 Å². The quantitative estimate of drug-likeness (QED) is 0.797. The first-order valence-corrected chi connectivity index (χ1v) is 5.85. The molecule has 1 aromatic carbocycles. The Hall–Kier alpha value is -1.02. The smallest absolute Gasteiger partial charge is 0.118 e. The first-order valence-electron chi connectivity index (χ1n) is 5.85. The molecule has 0 heterocycles. The summed E-state index contributed by atoms with van der Waals surface area (Å²) in [5, 5.41) is 2.48. The molecule has 1 aliphatic rings. The summed E-state index contributed by atoms with van der Waals surface area (Å²) in [5.74, 6) is 0.944. The molecule has 0 radical (unpaired) electrons. The van der Waals surface area contributed by atoms with E-state index < -0.39 is 0 Å². The molecular formula is C13H20NO+. The van der Waals surface area contributed by atoms with Gasteiger partial charge < -0.3 is 10.1 Å². The maximum atomic E-state index is 5.14. The third-order valence-electron chi connectivity index (χ3n) is 3.25. The molecule has 2 rings (SSSR count). The molecular weight excluding hydrogens is 186 g/mol. The highest BCUT2D eigenvalue weighted by atomic mass is 16.5. The predicted molar refractivity (Wildman–Crippen MR) is 60.9 cm³/mol. The Labute approximate surface area is 91.6 Å². The molecule has 0 amide bonds. The highest BCUT2D eigenvalue weighted by Crippen LogP contribution is 2.15. The van der Waals surface area contributed by atoms with E-state index in [1.807, 2.05) is 12.1 Å². The Kier molecular flexibility index (Phi) is 3.62. The molecule has 0 bridgehead atoms. The third kappa shape index (κ3) is 2.96. The first kappa shape index (κ1) is 10.5. The number of nitrogens with two attached hydrogens (primary N) is 1. The number of rotatable bonds is 4. The van der Waals surface area contributed by atoms with Crippen molar-refractivity contribution in [2.75, 3.05) is 7.11 Å². The molecule has 0 atom stereocenters. The topological polar surface area (TPSA) is 25.8 Å². The van der Waals surface area contributed by atoms with Crippen molar-refractivity contribution < 1.29 is 10.1 Å². The molecule has 0 saturated heterocycles.